The summed E-state index contributed by atoms with van der Waals surface area (Å²) in [6.45, 7) is 0. The van der Waals surface area contributed by atoms with Crippen LogP contribution in [0.25, 0.3) is 16.2 Å². The van der Waals surface area contributed by atoms with E-state index in [-0.39, 0.29) is 17.3 Å². The Morgan fingerprint density at radius 1 is 1.06 bits per heavy atom. The van der Waals surface area contributed by atoms with Gasteiger partial charge in [0.2, 0.25) is 5.90 Å². The van der Waals surface area contributed by atoms with Crippen LogP contribution in [0.5, 0.6) is 5.75 Å². The predicted molar refractivity (Wildman–Crippen MR) is 138 cm³/mol. The van der Waals surface area contributed by atoms with Gasteiger partial charge in [-0.3, -0.25) is 0 Å². The van der Waals surface area contributed by atoms with Crippen LogP contribution in [0, 0.1) is 0 Å². The predicted octanol–water partition coefficient (Wildman–Crippen LogP) is 7.53. The van der Waals surface area contributed by atoms with Crippen LogP contribution in [0.15, 0.2) is 81.9 Å². The number of carbonyl (C=O) groups excluding carboxylic acids is 2. The first-order valence-electron chi connectivity index (χ1n) is 9.86. The van der Waals surface area contributed by atoms with Gasteiger partial charge in [-0.2, -0.15) is 0 Å². The quantitative estimate of drug-likeness (QED) is 0.144. The van der Waals surface area contributed by atoms with E-state index in [4.69, 9.17) is 32.7 Å². The second-order valence-electron chi connectivity index (χ2n) is 7.16. The van der Waals surface area contributed by atoms with Gasteiger partial charge >= 0.3 is 11.9 Å². The maximum Gasteiger partial charge on any atom is 0.363 e. The van der Waals surface area contributed by atoms with Crippen molar-refractivity contribution in [2.75, 3.05) is 0 Å². The summed E-state index contributed by atoms with van der Waals surface area (Å²) in [5, 5.41) is 1.81. The number of benzene rings is 3. The molecule has 1 aliphatic rings. The molecule has 3 aromatic carbocycles. The highest BCUT2D eigenvalue weighted by Gasteiger charge is 2.28. The number of hydrogen-bond donors (Lipinski definition) is 0. The lowest BCUT2D eigenvalue weighted by Gasteiger charge is -2.08. The molecule has 0 aliphatic carbocycles. The van der Waals surface area contributed by atoms with E-state index in [2.05, 4.69) is 20.9 Å². The lowest BCUT2D eigenvalue weighted by atomic mass is 10.1. The molecule has 0 atom stereocenters. The molecule has 9 heteroatoms. The number of thiophene rings is 1. The summed E-state index contributed by atoms with van der Waals surface area (Å²) in [7, 11) is 0. The zero-order chi connectivity index (χ0) is 23.8. The fourth-order valence-corrected chi connectivity index (χ4v) is 5.38. The third-order valence-electron chi connectivity index (χ3n) is 4.88. The Kier molecular flexibility index (Phi) is 6.27. The van der Waals surface area contributed by atoms with Crippen molar-refractivity contribution in [1.29, 1.82) is 0 Å². The summed E-state index contributed by atoms with van der Waals surface area (Å²) in [4.78, 5) is 30.0. The van der Waals surface area contributed by atoms with Gasteiger partial charge in [-0.1, -0.05) is 63.4 Å². The fraction of sp³-hybridized carbons (Fsp3) is 0. The van der Waals surface area contributed by atoms with Crippen LogP contribution >= 0.6 is 50.5 Å². The number of esters is 2. The number of cyclic esters (lactones) is 1. The molecule has 0 saturated heterocycles. The maximum atomic E-state index is 12.6. The first-order chi connectivity index (χ1) is 16.4. The summed E-state index contributed by atoms with van der Waals surface area (Å²) >= 11 is 17.3. The average Bonchev–Trinajstić information content (AvgIpc) is 3.35. The van der Waals surface area contributed by atoms with Gasteiger partial charge in [0.25, 0.3) is 0 Å². The molecule has 4 aromatic rings. The van der Waals surface area contributed by atoms with Crippen LogP contribution in [0.4, 0.5) is 0 Å². The highest BCUT2D eigenvalue weighted by molar-refractivity contribution is 9.10. The molecule has 5 rings (SSSR count). The van der Waals surface area contributed by atoms with Crippen molar-refractivity contribution in [2.24, 2.45) is 4.99 Å². The Hall–Kier alpha value is -2.97. The summed E-state index contributed by atoms with van der Waals surface area (Å²) in [6.07, 6.45) is 1.51. The van der Waals surface area contributed by atoms with E-state index in [9.17, 15) is 9.59 Å². The number of aliphatic imine (C=N–C) groups is 1. The van der Waals surface area contributed by atoms with E-state index in [0.717, 1.165) is 14.6 Å². The van der Waals surface area contributed by atoms with Crippen molar-refractivity contribution in [3.8, 4) is 5.75 Å². The van der Waals surface area contributed by atoms with Crippen molar-refractivity contribution in [3.05, 3.63) is 103 Å². The van der Waals surface area contributed by atoms with Gasteiger partial charge in [-0.05, 0) is 48.5 Å². The van der Waals surface area contributed by atoms with E-state index >= 15 is 0 Å². The highest BCUT2D eigenvalue weighted by Crippen LogP contribution is 2.39. The number of carbonyl (C=O) groups is 2. The smallest absolute Gasteiger partial charge is 0.363 e. The first-order valence-corrected chi connectivity index (χ1v) is 12.2. The van der Waals surface area contributed by atoms with E-state index in [0.29, 0.717) is 26.0 Å². The van der Waals surface area contributed by atoms with Crippen molar-refractivity contribution >= 4 is 84.5 Å². The highest BCUT2D eigenvalue weighted by atomic mass is 79.9. The lowest BCUT2D eigenvalue weighted by Crippen LogP contribution is -2.09. The molecule has 0 radical (unpaired) electrons. The van der Waals surface area contributed by atoms with Gasteiger partial charge in [0.15, 0.2) is 5.70 Å². The molecule has 1 aromatic heterocycles. The van der Waals surface area contributed by atoms with Gasteiger partial charge in [0.05, 0.1) is 10.6 Å². The normalized spacial score (nSPS) is 14.4. The molecular weight excluding hydrogens is 561 g/mol. The molecule has 5 nitrogen and oxygen atoms in total. The van der Waals surface area contributed by atoms with Crippen molar-refractivity contribution in [2.45, 2.75) is 0 Å². The minimum Gasteiger partial charge on any atom is -0.422 e. The molecule has 0 spiro atoms. The summed E-state index contributed by atoms with van der Waals surface area (Å²) in [5.41, 5.74) is 0.936. The summed E-state index contributed by atoms with van der Waals surface area (Å²) < 4.78 is 12.6. The number of fused-ring (bicyclic) bond motifs is 1. The van der Waals surface area contributed by atoms with Crippen LogP contribution in [0.3, 0.4) is 0 Å². The summed E-state index contributed by atoms with van der Waals surface area (Å²) in [6, 6.07) is 19.1. The number of nitrogens with zero attached hydrogens (tertiary/aromatic N) is 1. The minimum absolute atomic E-state index is 0.0525. The van der Waals surface area contributed by atoms with Gasteiger partial charge in [-0.15, -0.1) is 11.3 Å². The van der Waals surface area contributed by atoms with E-state index in [1.807, 2.05) is 12.1 Å². The Morgan fingerprint density at radius 3 is 2.65 bits per heavy atom. The Labute approximate surface area is 216 Å². The molecule has 0 amide bonds. The maximum absolute atomic E-state index is 12.6. The van der Waals surface area contributed by atoms with E-state index in [1.54, 1.807) is 54.6 Å². The van der Waals surface area contributed by atoms with Gasteiger partial charge < -0.3 is 9.47 Å². The van der Waals surface area contributed by atoms with E-state index in [1.165, 1.54) is 17.4 Å². The van der Waals surface area contributed by atoms with E-state index < -0.39 is 11.9 Å². The SMILES string of the molecule is O=C1OC(c2sc3cc(Cl)ccc3c2Cl)=N/C1=C/c1cc(Br)ccc1OC(=O)c1ccccc1. The minimum atomic E-state index is -0.637. The number of hydrogen-bond acceptors (Lipinski definition) is 6. The number of rotatable bonds is 4. The molecule has 0 fully saturated rings. The molecule has 0 N–H and O–H groups in total. The first kappa shape index (κ1) is 22.8. The van der Waals surface area contributed by atoms with Gasteiger partial charge in [0, 0.05) is 25.1 Å². The Balaban J connectivity index is 1.50. The van der Waals surface area contributed by atoms with Crippen LogP contribution in [-0.2, 0) is 9.53 Å². The molecule has 0 bridgehead atoms. The lowest BCUT2D eigenvalue weighted by molar-refractivity contribution is -0.129. The molecule has 34 heavy (non-hydrogen) atoms. The molecular formula is C25H12BrCl2NO4S. The average molecular weight is 573 g/mol. The molecule has 168 valence electrons. The molecule has 0 saturated carbocycles. The summed E-state index contributed by atoms with van der Waals surface area (Å²) in [5.74, 6) is -0.773. The van der Waals surface area contributed by atoms with Crippen LogP contribution < -0.4 is 4.74 Å². The zero-order valence-electron chi connectivity index (χ0n) is 17.1. The van der Waals surface area contributed by atoms with Crippen LogP contribution in [-0.4, -0.2) is 17.8 Å². The molecule has 2 heterocycles. The second kappa shape index (κ2) is 9.35. The van der Waals surface area contributed by atoms with Gasteiger partial charge in [0.1, 0.15) is 10.6 Å². The van der Waals surface area contributed by atoms with Gasteiger partial charge in [-0.25, -0.2) is 14.6 Å². The Morgan fingerprint density at radius 2 is 1.85 bits per heavy atom. The van der Waals surface area contributed by atoms with Crippen molar-refractivity contribution < 1.29 is 19.1 Å². The van der Waals surface area contributed by atoms with Crippen LogP contribution in [0.2, 0.25) is 10.0 Å². The fourth-order valence-electron chi connectivity index (χ4n) is 3.29. The third kappa shape index (κ3) is 4.52. The third-order valence-corrected chi connectivity index (χ3v) is 7.26. The molecule has 0 unspecified atom stereocenters. The molecule has 1 aliphatic heterocycles. The standard InChI is InChI=1S/C25H12BrCl2NO4S/c26-15-6-9-19(32-24(30)13-4-2-1-3-5-13)14(10-15)11-18-25(31)33-23(29-18)22-21(28)17-8-7-16(27)12-20(17)34-22/h1-12H/b18-11+. The Bertz CT molecular complexity index is 1530. The largest absolute Gasteiger partial charge is 0.422 e. The second-order valence-corrected chi connectivity index (χ2v) is 9.94. The van der Waals surface area contributed by atoms with Crippen molar-refractivity contribution in [3.63, 3.8) is 0 Å². The van der Waals surface area contributed by atoms with Crippen molar-refractivity contribution in [1.82, 2.24) is 0 Å². The topological polar surface area (TPSA) is 65.0 Å². The number of halogens is 3. The zero-order valence-corrected chi connectivity index (χ0v) is 21.0. The van der Waals surface area contributed by atoms with Crippen LogP contribution in [0.1, 0.15) is 20.8 Å². The monoisotopic (exact) mass is 571 g/mol. The number of ether oxygens (including phenoxy) is 2.